The Labute approximate surface area is 127 Å². The molecule has 21 heavy (non-hydrogen) atoms. The van der Waals surface area contributed by atoms with E-state index in [9.17, 15) is 14.7 Å². The number of amides is 2. The third kappa shape index (κ3) is 5.19. The van der Waals surface area contributed by atoms with Gasteiger partial charge in [0.2, 0.25) is 0 Å². The fourth-order valence-electron chi connectivity index (χ4n) is 2.75. The summed E-state index contributed by atoms with van der Waals surface area (Å²) in [5.41, 5.74) is -1.09. The monoisotopic (exact) mass is 299 g/mol. The Hall–Kier alpha value is -1.30. The van der Waals surface area contributed by atoms with Gasteiger partial charge in [-0.1, -0.05) is 20.3 Å². The summed E-state index contributed by atoms with van der Waals surface area (Å²) in [6.45, 7) is 6.36. The molecule has 0 radical (unpaired) electrons. The highest BCUT2D eigenvalue weighted by atomic mass is 16.4. The summed E-state index contributed by atoms with van der Waals surface area (Å²) in [5.74, 6) is -0.335. The van der Waals surface area contributed by atoms with Crippen molar-refractivity contribution in [2.75, 3.05) is 26.7 Å². The van der Waals surface area contributed by atoms with Crippen LogP contribution in [0.15, 0.2) is 0 Å². The standard InChI is InChI=1S/C15H29N3O3/c1-4-12-6-8-15(9-7-12,13(19)20)17-14(21)16-10-11-18(3)5-2/h12H,4-11H2,1-3H3,(H,19,20)(H2,16,17,21). The van der Waals surface area contributed by atoms with Crippen molar-refractivity contribution in [3.63, 3.8) is 0 Å². The van der Waals surface area contributed by atoms with Crippen molar-refractivity contribution in [3.05, 3.63) is 0 Å². The van der Waals surface area contributed by atoms with Gasteiger partial charge >= 0.3 is 12.0 Å². The fraction of sp³-hybridized carbons (Fsp3) is 0.867. The summed E-state index contributed by atoms with van der Waals surface area (Å²) >= 11 is 0. The number of nitrogens with zero attached hydrogens (tertiary/aromatic N) is 1. The van der Waals surface area contributed by atoms with E-state index in [1.807, 2.05) is 14.0 Å². The van der Waals surface area contributed by atoms with Crippen LogP contribution in [0.5, 0.6) is 0 Å². The molecule has 0 aromatic carbocycles. The topological polar surface area (TPSA) is 81.7 Å². The first kappa shape index (κ1) is 17.8. The highest BCUT2D eigenvalue weighted by molar-refractivity contribution is 5.86. The Morgan fingerprint density at radius 2 is 1.90 bits per heavy atom. The van der Waals surface area contributed by atoms with E-state index in [0.29, 0.717) is 25.3 Å². The van der Waals surface area contributed by atoms with Crippen LogP contribution >= 0.6 is 0 Å². The van der Waals surface area contributed by atoms with Crippen LogP contribution in [0.25, 0.3) is 0 Å². The van der Waals surface area contributed by atoms with Gasteiger partial charge < -0.3 is 20.6 Å². The number of likely N-dealkylation sites (N-methyl/N-ethyl adjacent to an activating group) is 1. The molecule has 0 saturated heterocycles. The van der Waals surface area contributed by atoms with Gasteiger partial charge in [-0.3, -0.25) is 0 Å². The number of nitrogens with one attached hydrogen (secondary N) is 2. The number of urea groups is 1. The van der Waals surface area contributed by atoms with Crippen molar-refractivity contribution in [3.8, 4) is 0 Å². The number of carbonyl (C=O) groups is 2. The van der Waals surface area contributed by atoms with Crippen molar-refractivity contribution in [2.45, 2.75) is 51.5 Å². The molecule has 1 saturated carbocycles. The highest BCUT2D eigenvalue weighted by Gasteiger charge is 2.42. The van der Waals surface area contributed by atoms with E-state index >= 15 is 0 Å². The third-order valence-corrected chi connectivity index (χ3v) is 4.62. The van der Waals surface area contributed by atoms with Crippen LogP contribution < -0.4 is 10.6 Å². The lowest BCUT2D eigenvalue weighted by molar-refractivity contribution is -0.146. The summed E-state index contributed by atoms with van der Waals surface area (Å²) in [5, 5.41) is 14.9. The summed E-state index contributed by atoms with van der Waals surface area (Å²) in [7, 11) is 1.98. The maximum atomic E-state index is 11.9. The molecule has 1 aliphatic rings. The molecule has 0 aromatic heterocycles. The molecule has 122 valence electrons. The first-order valence-electron chi connectivity index (χ1n) is 7.91. The van der Waals surface area contributed by atoms with Gasteiger partial charge in [0.1, 0.15) is 5.54 Å². The van der Waals surface area contributed by atoms with E-state index in [2.05, 4.69) is 22.5 Å². The molecule has 0 aliphatic heterocycles. The van der Waals surface area contributed by atoms with Crippen molar-refractivity contribution >= 4 is 12.0 Å². The first-order chi connectivity index (χ1) is 9.93. The van der Waals surface area contributed by atoms with Crippen molar-refractivity contribution in [1.82, 2.24) is 15.5 Å². The van der Waals surface area contributed by atoms with Gasteiger partial charge in [-0.25, -0.2) is 9.59 Å². The summed E-state index contributed by atoms with van der Waals surface area (Å²) in [6.07, 6.45) is 3.83. The van der Waals surface area contributed by atoms with E-state index in [-0.39, 0.29) is 6.03 Å². The molecule has 3 N–H and O–H groups in total. The van der Waals surface area contributed by atoms with Crippen LogP contribution in [0, 0.1) is 5.92 Å². The fourth-order valence-corrected chi connectivity index (χ4v) is 2.75. The van der Waals surface area contributed by atoms with E-state index in [1.54, 1.807) is 0 Å². The van der Waals surface area contributed by atoms with Gasteiger partial charge in [0, 0.05) is 13.1 Å². The van der Waals surface area contributed by atoms with Crippen LogP contribution in [-0.4, -0.2) is 54.2 Å². The van der Waals surface area contributed by atoms with Crippen LogP contribution in [0.4, 0.5) is 4.79 Å². The smallest absolute Gasteiger partial charge is 0.329 e. The minimum atomic E-state index is -1.09. The second-order valence-corrected chi connectivity index (χ2v) is 6.02. The molecule has 0 atom stereocenters. The molecule has 1 rings (SSSR count). The maximum Gasteiger partial charge on any atom is 0.329 e. The summed E-state index contributed by atoms with van der Waals surface area (Å²) in [4.78, 5) is 25.6. The summed E-state index contributed by atoms with van der Waals surface area (Å²) in [6, 6.07) is -0.378. The van der Waals surface area contributed by atoms with E-state index in [0.717, 1.165) is 32.4 Å². The number of carbonyl (C=O) groups excluding carboxylic acids is 1. The molecule has 1 fully saturated rings. The molecule has 0 spiro atoms. The number of carboxylic acid groups (broad SMARTS) is 1. The van der Waals surface area contributed by atoms with Gasteiger partial charge in [-0.15, -0.1) is 0 Å². The SMILES string of the molecule is CCC1CCC(NC(=O)NCCN(C)CC)(C(=O)O)CC1. The molecule has 0 bridgehead atoms. The quantitative estimate of drug-likeness (QED) is 0.668. The average Bonchev–Trinajstić information content (AvgIpc) is 2.47. The van der Waals surface area contributed by atoms with E-state index < -0.39 is 11.5 Å². The number of hydrogen-bond donors (Lipinski definition) is 3. The Morgan fingerprint density at radius 3 is 2.38 bits per heavy atom. The maximum absolute atomic E-state index is 11.9. The normalized spacial score (nSPS) is 25.6. The van der Waals surface area contributed by atoms with E-state index in [1.165, 1.54) is 0 Å². The minimum Gasteiger partial charge on any atom is -0.480 e. The van der Waals surface area contributed by atoms with Crippen LogP contribution in [0.2, 0.25) is 0 Å². The zero-order valence-corrected chi connectivity index (χ0v) is 13.4. The molecule has 6 nitrogen and oxygen atoms in total. The lowest BCUT2D eigenvalue weighted by atomic mass is 9.75. The zero-order valence-electron chi connectivity index (χ0n) is 13.4. The van der Waals surface area contributed by atoms with Crippen LogP contribution in [-0.2, 0) is 4.79 Å². The lowest BCUT2D eigenvalue weighted by Gasteiger charge is -2.37. The van der Waals surface area contributed by atoms with Gasteiger partial charge in [0.25, 0.3) is 0 Å². The van der Waals surface area contributed by atoms with E-state index in [4.69, 9.17) is 0 Å². The van der Waals surface area contributed by atoms with Crippen molar-refractivity contribution in [2.24, 2.45) is 5.92 Å². The largest absolute Gasteiger partial charge is 0.480 e. The molecular weight excluding hydrogens is 270 g/mol. The highest BCUT2D eigenvalue weighted by Crippen LogP contribution is 2.33. The molecule has 1 aliphatic carbocycles. The Morgan fingerprint density at radius 1 is 1.29 bits per heavy atom. The van der Waals surface area contributed by atoms with Gasteiger partial charge in [-0.2, -0.15) is 0 Å². The summed E-state index contributed by atoms with van der Waals surface area (Å²) < 4.78 is 0. The van der Waals surface area contributed by atoms with Gasteiger partial charge in [0.15, 0.2) is 0 Å². The Balaban J connectivity index is 2.48. The number of hydrogen-bond acceptors (Lipinski definition) is 3. The van der Waals surface area contributed by atoms with Crippen LogP contribution in [0.3, 0.4) is 0 Å². The predicted molar refractivity (Wildman–Crippen MR) is 82.3 cm³/mol. The van der Waals surface area contributed by atoms with Gasteiger partial charge in [0.05, 0.1) is 0 Å². The minimum absolute atomic E-state index is 0.378. The number of rotatable bonds is 7. The Kier molecular flexibility index (Phi) is 6.95. The molecule has 0 aromatic rings. The number of carboxylic acids is 1. The number of aliphatic carboxylic acids is 1. The van der Waals surface area contributed by atoms with Crippen molar-refractivity contribution in [1.29, 1.82) is 0 Å². The van der Waals surface area contributed by atoms with Crippen molar-refractivity contribution < 1.29 is 14.7 Å². The second-order valence-electron chi connectivity index (χ2n) is 6.02. The third-order valence-electron chi connectivity index (χ3n) is 4.62. The molecule has 2 amide bonds. The predicted octanol–water partition coefficient (Wildman–Crippen LogP) is 1.66. The Bertz CT molecular complexity index is 352. The molecular formula is C15H29N3O3. The zero-order chi connectivity index (χ0) is 15.9. The van der Waals surface area contributed by atoms with Crippen LogP contribution in [0.1, 0.15) is 46.0 Å². The first-order valence-corrected chi connectivity index (χ1v) is 7.91. The molecule has 0 unspecified atom stereocenters. The molecule has 6 heteroatoms. The lowest BCUT2D eigenvalue weighted by Crippen LogP contribution is -2.59. The average molecular weight is 299 g/mol. The molecule has 0 heterocycles. The van der Waals surface area contributed by atoms with Gasteiger partial charge in [-0.05, 0) is 45.2 Å². The second kappa shape index (κ2) is 8.22.